The first-order chi connectivity index (χ1) is 7.76. The number of nitrogens with one attached hydrogen (secondary N) is 1. The van der Waals surface area contributed by atoms with E-state index in [2.05, 4.69) is 10.1 Å². The molecule has 1 aromatic rings. The van der Waals surface area contributed by atoms with Crippen LogP contribution < -0.4 is 5.32 Å². The Labute approximate surface area is 94.9 Å². The number of hydrogen-bond donors (Lipinski definition) is 1. The molecule has 0 unspecified atom stereocenters. The maximum absolute atomic E-state index is 10.6. The molecule has 0 saturated carbocycles. The second kappa shape index (κ2) is 6.50. The average Bonchev–Trinajstić information content (AvgIpc) is 2.35. The van der Waals surface area contributed by atoms with Gasteiger partial charge in [-0.1, -0.05) is 18.2 Å². The lowest BCUT2D eigenvalue weighted by molar-refractivity contribution is 0.0819. The molecule has 0 aliphatic carbocycles. The summed E-state index contributed by atoms with van der Waals surface area (Å²) >= 11 is 0. The molecule has 0 atom stereocenters. The average molecular weight is 221 g/mol. The largest absolute Gasteiger partial charge is 0.508 e. The predicted octanol–water partition coefficient (Wildman–Crippen LogP) is 2.52. The minimum Gasteiger partial charge on any atom is -0.438 e. The van der Waals surface area contributed by atoms with Crippen molar-refractivity contribution in [2.45, 2.75) is 0 Å². The molecule has 0 spiro atoms. The summed E-state index contributed by atoms with van der Waals surface area (Å²) in [5.41, 5.74) is 2.11. The van der Waals surface area contributed by atoms with Crippen molar-refractivity contribution in [3.8, 4) is 0 Å². The summed E-state index contributed by atoms with van der Waals surface area (Å²) in [5, 5.41) is 3.03. The zero-order chi connectivity index (χ0) is 11.8. The van der Waals surface area contributed by atoms with E-state index in [9.17, 15) is 4.79 Å². The Balaban J connectivity index is 2.40. The monoisotopic (exact) mass is 221 g/mol. The second-order valence-electron chi connectivity index (χ2n) is 3.04. The molecule has 0 aliphatic heterocycles. The molecule has 16 heavy (non-hydrogen) atoms. The van der Waals surface area contributed by atoms with Crippen molar-refractivity contribution in [3.63, 3.8) is 0 Å². The molecule has 0 aromatic heterocycles. The van der Waals surface area contributed by atoms with Crippen molar-refractivity contribution in [1.29, 1.82) is 0 Å². The summed E-state index contributed by atoms with van der Waals surface area (Å²) in [6.07, 6.45) is 2.96. The van der Waals surface area contributed by atoms with Crippen LogP contribution in [0, 0.1) is 0 Å². The minimum atomic E-state index is -0.671. The lowest BCUT2D eigenvalue weighted by Crippen LogP contribution is -2.03. The fourth-order valence-electron chi connectivity index (χ4n) is 1.12. The van der Waals surface area contributed by atoms with Crippen molar-refractivity contribution in [2.75, 3.05) is 26.1 Å². The quantitative estimate of drug-likeness (QED) is 0.794. The van der Waals surface area contributed by atoms with E-state index in [1.807, 2.05) is 37.4 Å². The number of hydrogen-bond acceptors (Lipinski definition) is 4. The van der Waals surface area contributed by atoms with Gasteiger partial charge in [-0.2, -0.15) is 0 Å². The lowest BCUT2D eigenvalue weighted by Gasteiger charge is -2.00. The van der Waals surface area contributed by atoms with E-state index in [1.54, 1.807) is 6.08 Å². The molecule has 0 amide bonds. The molecule has 86 valence electrons. The lowest BCUT2D eigenvalue weighted by atomic mass is 10.2. The molecule has 4 heteroatoms. The van der Waals surface area contributed by atoms with Crippen LogP contribution in [0.3, 0.4) is 0 Å². The number of benzene rings is 1. The maximum Gasteiger partial charge on any atom is 0.508 e. The molecule has 0 radical (unpaired) electrons. The van der Waals surface area contributed by atoms with Gasteiger partial charge in [-0.15, -0.1) is 0 Å². The fraction of sp³-hybridized carbons (Fsp3) is 0.250. The van der Waals surface area contributed by atoms with Crippen molar-refractivity contribution in [2.24, 2.45) is 0 Å². The highest BCUT2D eigenvalue weighted by atomic mass is 16.7. The number of carbonyl (C=O) groups is 1. The highest BCUT2D eigenvalue weighted by Crippen LogP contribution is 2.09. The number of anilines is 1. The summed E-state index contributed by atoms with van der Waals surface area (Å²) in [7, 11) is 3.15. The summed E-state index contributed by atoms with van der Waals surface area (Å²) in [4.78, 5) is 10.6. The maximum atomic E-state index is 10.6. The molecule has 1 N–H and O–H groups in total. The molecule has 0 saturated heterocycles. The molecule has 0 aliphatic rings. The first-order valence-electron chi connectivity index (χ1n) is 4.91. The molecular weight excluding hydrogens is 206 g/mol. The van der Waals surface area contributed by atoms with Crippen LogP contribution in [0.5, 0.6) is 0 Å². The first kappa shape index (κ1) is 12.1. The standard InChI is InChI=1S/C12H15NO3/c1-13-11-7-5-10(6-8-11)4-3-9-16-12(14)15-2/h3-8,13H,9H2,1-2H3. The zero-order valence-corrected chi connectivity index (χ0v) is 9.40. The molecule has 4 nitrogen and oxygen atoms in total. The van der Waals surface area contributed by atoms with Gasteiger partial charge in [-0.05, 0) is 23.8 Å². The fourth-order valence-corrected chi connectivity index (χ4v) is 1.12. The van der Waals surface area contributed by atoms with Gasteiger partial charge in [0.25, 0.3) is 0 Å². The SMILES string of the molecule is CNc1ccc(C=CCOC(=O)OC)cc1. The Morgan fingerprint density at radius 3 is 2.62 bits per heavy atom. The summed E-state index contributed by atoms with van der Waals surface area (Å²) in [5.74, 6) is 0. The van der Waals surface area contributed by atoms with Crippen LogP contribution in [-0.4, -0.2) is 26.9 Å². The summed E-state index contributed by atoms with van der Waals surface area (Å²) in [6.45, 7) is 0.209. The Morgan fingerprint density at radius 2 is 2.06 bits per heavy atom. The van der Waals surface area contributed by atoms with Gasteiger partial charge in [0.05, 0.1) is 7.11 Å². The molecule has 0 fully saturated rings. The molecule has 1 aromatic carbocycles. The zero-order valence-electron chi connectivity index (χ0n) is 9.40. The van der Waals surface area contributed by atoms with Crippen LogP contribution in [0.25, 0.3) is 6.08 Å². The first-order valence-corrected chi connectivity index (χ1v) is 4.91. The smallest absolute Gasteiger partial charge is 0.438 e. The van der Waals surface area contributed by atoms with Crippen LogP contribution in [-0.2, 0) is 9.47 Å². The van der Waals surface area contributed by atoms with Crippen molar-refractivity contribution in [1.82, 2.24) is 0 Å². The summed E-state index contributed by atoms with van der Waals surface area (Å²) < 4.78 is 9.03. The third-order valence-electron chi connectivity index (χ3n) is 1.97. The van der Waals surface area contributed by atoms with E-state index >= 15 is 0 Å². The van der Waals surface area contributed by atoms with Gasteiger partial charge in [0.1, 0.15) is 6.61 Å². The van der Waals surface area contributed by atoms with Crippen LogP contribution in [0.15, 0.2) is 30.3 Å². The number of rotatable bonds is 4. The van der Waals surface area contributed by atoms with Gasteiger partial charge in [-0.25, -0.2) is 4.79 Å². The van der Waals surface area contributed by atoms with E-state index in [4.69, 9.17) is 4.74 Å². The van der Waals surface area contributed by atoms with Crippen LogP contribution >= 0.6 is 0 Å². The van der Waals surface area contributed by atoms with Gasteiger partial charge in [-0.3, -0.25) is 0 Å². The van der Waals surface area contributed by atoms with Crippen molar-refractivity contribution >= 4 is 17.9 Å². The van der Waals surface area contributed by atoms with Gasteiger partial charge >= 0.3 is 6.16 Å². The molecular formula is C12H15NO3. The normalized spacial score (nSPS) is 10.1. The van der Waals surface area contributed by atoms with Crippen LogP contribution in [0.4, 0.5) is 10.5 Å². The topological polar surface area (TPSA) is 47.6 Å². The molecule has 0 heterocycles. The Morgan fingerprint density at radius 1 is 1.38 bits per heavy atom. The highest BCUT2D eigenvalue weighted by molar-refractivity contribution is 5.60. The Hall–Kier alpha value is -1.97. The number of methoxy groups -OCH3 is 1. The van der Waals surface area contributed by atoms with Gasteiger partial charge in [0, 0.05) is 12.7 Å². The van der Waals surface area contributed by atoms with Crippen molar-refractivity contribution < 1.29 is 14.3 Å². The predicted molar refractivity (Wildman–Crippen MR) is 63.4 cm³/mol. The van der Waals surface area contributed by atoms with Gasteiger partial charge < -0.3 is 14.8 Å². The third-order valence-corrected chi connectivity index (χ3v) is 1.97. The molecule has 1 rings (SSSR count). The van der Waals surface area contributed by atoms with E-state index in [0.29, 0.717) is 0 Å². The van der Waals surface area contributed by atoms with Crippen LogP contribution in [0.1, 0.15) is 5.56 Å². The van der Waals surface area contributed by atoms with Crippen LogP contribution in [0.2, 0.25) is 0 Å². The Kier molecular flexibility index (Phi) is 4.92. The number of carbonyl (C=O) groups excluding carboxylic acids is 1. The van der Waals surface area contributed by atoms with E-state index in [-0.39, 0.29) is 6.61 Å². The number of ether oxygens (including phenoxy) is 2. The van der Waals surface area contributed by atoms with Gasteiger partial charge in [0.15, 0.2) is 0 Å². The second-order valence-corrected chi connectivity index (χ2v) is 3.04. The molecule has 0 bridgehead atoms. The van der Waals surface area contributed by atoms with Gasteiger partial charge in [0.2, 0.25) is 0 Å². The highest BCUT2D eigenvalue weighted by Gasteiger charge is 1.95. The Bertz CT molecular complexity index is 357. The van der Waals surface area contributed by atoms with Crippen molar-refractivity contribution in [3.05, 3.63) is 35.9 Å². The van der Waals surface area contributed by atoms with E-state index in [0.717, 1.165) is 11.3 Å². The summed E-state index contributed by atoms with van der Waals surface area (Å²) in [6, 6.07) is 7.89. The third kappa shape index (κ3) is 4.04. The minimum absolute atomic E-state index is 0.209. The van der Waals surface area contributed by atoms with E-state index in [1.165, 1.54) is 7.11 Å². The van der Waals surface area contributed by atoms with E-state index < -0.39 is 6.16 Å².